The number of hydrogen-bond donors (Lipinski definition) is 1. The van der Waals surface area contributed by atoms with Crippen LogP contribution in [0, 0.1) is 6.92 Å². The SMILES string of the molecule is Cc1ccc(N)c(S(=O)CCOCC(F)(F)F)c1. The minimum atomic E-state index is -4.36. The summed E-state index contributed by atoms with van der Waals surface area (Å²) in [6.45, 7) is 0.271. The lowest BCUT2D eigenvalue weighted by atomic mass is 10.2. The quantitative estimate of drug-likeness (QED) is 0.665. The van der Waals surface area contributed by atoms with Gasteiger partial charge in [0.2, 0.25) is 0 Å². The van der Waals surface area contributed by atoms with Crippen LogP contribution < -0.4 is 5.73 Å². The Hall–Kier alpha value is -1.08. The number of anilines is 1. The molecule has 0 amide bonds. The summed E-state index contributed by atoms with van der Waals surface area (Å²) in [5.74, 6) is -0.0102. The van der Waals surface area contributed by atoms with Gasteiger partial charge in [0.05, 0.1) is 28.1 Å². The lowest BCUT2D eigenvalue weighted by molar-refractivity contribution is -0.172. The van der Waals surface area contributed by atoms with E-state index in [0.29, 0.717) is 10.6 Å². The number of benzene rings is 1. The summed E-state index contributed by atoms with van der Waals surface area (Å²) in [5.41, 5.74) is 6.91. The minimum Gasteiger partial charge on any atom is -0.398 e. The molecule has 2 N–H and O–H groups in total. The molecule has 1 aromatic carbocycles. The summed E-state index contributed by atoms with van der Waals surface area (Å²) >= 11 is 0. The fraction of sp³-hybridized carbons (Fsp3) is 0.455. The average Bonchev–Trinajstić information content (AvgIpc) is 2.26. The van der Waals surface area contributed by atoms with Crippen LogP contribution in [-0.2, 0) is 15.5 Å². The molecule has 0 aromatic heterocycles. The number of rotatable bonds is 5. The smallest absolute Gasteiger partial charge is 0.398 e. The molecule has 3 nitrogen and oxygen atoms in total. The Bertz CT molecular complexity index is 435. The molecular formula is C11H14F3NO2S. The summed E-state index contributed by atoms with van der Waals surface area (Å²) in [4.78, 5) is 0.436. The highest BCUT2D eigenvalue weighted by Crippen LogP contribution is 2.18. The lowest BCUT2D eigenvalue weighted by Gasteiger charge is -2.09. The van der Waals surface area contributed by atoms with Crippen molar-refractivity contribution in [3.8, 4) is 0 Å². The fourth-order valence-corrected chi connectivity index (χ4v) is 2.41. The first-order valence-electron chi connectivity index (χ1n) is 5.18. The van der Waals surface area contributed by atoms with Crippen LogP contribution in [0.25, 0.3) is 0 Å². The number of alkyl halides is 3. The third-order valence-corrected chi connectivity index (χ3v) is 3.47. The molecule has 1 aromatic rings. The second-order valence-corrected chi connectivity index (χ2v) is 5.30. The highest BCUT2D eigenvalue weighted by Gasteiger charge is 2.27. The van der Waals surface area contributed by atoms with E-state index in [2.05, 4.69) is 4.74 Å². The van der Waals surface area contributed by atoms with Crippen molar-refractivity contribution in [1.29, 1.82) is 0 Å². The van der Waals surface area contributed by atoms with Crippen LogP contribution in [0.4, 0.5) is 18.9 Å². The molecule has 0 heterocycles. The van der Waals surface area contributed by atoms with Crippen molar-refractivity contribution in [3.05, 3.63) is 23.8 Å². The van der Waals surface area contributed by atoms with E-state index in [9.17, 15) is 17.4 Å². The summed E-state index contributed by atoms with van der Waals surface area (Å²) in [7, 11) is -1.45. The van der Waals surface area contributed by atoms with Gasteiger partial charge in [0.25, 0.3) is 0 Å². The summed E-state index contributed by atoms with van der Waals surface area (Å²) in [6, 6.07) is 5.06. The molecule has 0 fully saturated rings. The Morgan fingerprint density at radius 2 is 2.06 bits per heavy atom. The second kappa shape index (κ2) is 6.19. The van der Waals surface area contributed by atoms with E-state index in [1.165, 1.54) is 0 Å². The van der Waals surface area contributed by atoms with Crippen molar-refractivity contribution in [3.63, 3.8) is 0 Å². The van der Waals surface area contributed by atoms with E-state index < -0.39 is 23.6 Å². The van der Waals surface area contributed by atoms with Crippen molar-refractivity contribution >= 4 is 16.5 Å². The average molecular weight is 281 g/mol. The van der Waals surface area contributed by atoms with Crippen LogP contribution in [0.15, 0.2) is 23.1 Å². The number of halogens is 3. The van der Waals surface area contributed by atoms with Gasteiger partial charge in [-0.25, -0.2) is 0 Å². The van der Waals surface area contributed by atoms with Crippen LogP contribution in [0.5, 0.6) is 0 Å². The van der Waals surface area contributed by atoms with Gasteiger partial charge in [0.15, 0.2) is 0 Å². The van der Waals surface area contributed by atoms with E-state index in [1.54, 1.807) is 18.2 Å². The molecule has 7 heteroatoms. The zero-order chi connectivity index (χ0) is 13.8. The number of aryl methyl sites for hydroxylation is 1. The Labute approximate surface area is 106 Å². The standard InChI is InChI=1S/C11H14F3NO2S/c1-8-2-3-9(15)10(6-8)18(16)5-4-17-7-11(12,13)14/h2-3,6H,4-5,7,15H2,1H3. The zero-order valence-electron chi connectivity index (χ0n) is 9.79. The number of ether oxygens (including phenoxy) is 1. The van der Waals surface area contributed by atoms with Gasteiger partial charge in [0, 0.05) is 5.69 Å². The van der Waals surface area contributed by atoms with Crippen LogP contribution in [0.2, 0.25) is 0 Å². The topological polar surface area (TPSA) is 52.3 Å². The summed E-state index contributed by atoms with van der Waals surface area (Å²) in [6.07, 6.45) is -4.36. The monoisotopic (exact) mass is 281 g/mol. The molecule has 18 heavy (non-hydrogen) atoms. The number of nitrogens with two attached hydrogens (primary N) is 1. The van der Waals surface area contributed by atoms with Gasteiger partial charge in [-0.05, 0) is 24.6 Å². The number of nitrogen functional groups attached to an aromatic ring is 1. The first kappa shape index (κ1) is 15.0. The van der Waals surface area contributed by atoms with Gasteiger partial charge < -0.3 is 10.5 Å². The predicted octanol–water partition coefficient (Wildman–Crippen LogP) is 2.26. The van der Waals surface area contributed by atoms with Gasteiger partial charge in [-0.3, -0.25) is 4.21 Å². The van der Waals surface area contributed by atoms with E-state index in [4.69, 9.17) is 5.73 Å². The number of hydrogen-bond acceptors (Lipinski definition) is 3. The first-order valence-corrected chi connectivity index (χ1v) is 6.50. The third-order valence-electron chi connectivity index (χ3n) is 2.09. The van der Waals surface area contributed by atoms with Gasteiger partial charge in [-0.1, -0.05) is 6.07 Å². The Morgan fingerprint density at radius 3 is 2.67 bits per heavy atom. The van der Waals surface area contributed by atoms with Crippen molar-refractivity contribution in [2.45, 2.75) is 18.0 Å². The van der Waals surface area contributed by atoms with Gasteiger partial charge in [-0.2, -0.15) is 13.2 Å². The van der Waals surface area contributed by atoms with Crippen LogP contribution in [0.1, 0.15) is 5.56 Å². The molecule has 0 aliphatic heterocycles. The predicted molar refractivity (Wildman–Crippen MR) is 63.7 cm³/mol. The largest absolute Gasteiger partial charge is 0.411 e. The van der Waals surface area contributed by atoms with Gasteiger partial charge in [0.1, 0.15) is 6.61 Å². The van der Waals surface area contributed by atoms with Crippen molar-refractivity contribution in [2.75, 3.05) is 24.7 Å². The van der Waals surface area contributed by atoms with Crippen LogP contribution >= 0.6 is 0 Å². The summed E-state index contributed by atoms with van der Waals surface area (Å²) < 4.78 is 51.6. The molecule has 0 aliphatic rings. The zero-order valence-corrected chi connectivity index (χ0v) is 10.6. The molecular weight excluding hydrogens is 267 g/mol. The van der Waals surface area contributed by atoms with Crippen LogP contribution in [0.3, 0.4) is 0 Å². The second-order valence-electron chi connectivity index (χ2n) is 3.76. The lowest BCUT2D eigenvalue weighted by Crippen LogP contribution is -2.19. The van der Waals surface area contributed by atoms with Crippen molar-refractivity contribution < 1.29 is 22.1 Å². The Balaban J connectivity index is 2.48. The maximum atomic E-state index is 11.8. The minimum absolute atomic E-state index is 0.0102. The molecule has 0 saturated heterocycles. The Kier molecular flexibility index (Phi) is 5.15. The van der Waals surface area contributed by atoms with E-state index in [-0.39, 0.29) is 12.4 Å². The molecule has 0 saturated carbocycles. The molecule has 0 radical (unpaired) electrons. The maximum Gasteiger partial charge on any atom is 0.411 e. The van der Waals surface area contributed by atoms with Crippen molar-refractivity contribution in [1.82, 2.24) is 0 Å². The molecule has 1 unspecified atom stereocenters. The van der Waals surface area contributed by atoms with E-state index in [0.717, 1.165) is 5.56 Å². The van der Waals surface area contributed by atoms with E-state index in [1.807, 2.05) is 6.92 Å². The molecule has 0 bridgehead atoms. The van der Waals surface area contributed by atoms with E-state index >= 15 is 0 Å². The molecule has 0 aliphatic carbocycles. The first-order chi connectivity index (χ1) is 8.29. The highest BCUT2D eigenvalue weighted by atomic mass is 32.2. The fourth-order valence-electron chi connectivity index (χ4n) is 1.27. The van der Waals surface area contributed by atoms with Gasteiger partial charge in [-0.15, -0.1) is 0 Å². The van der Waals surface area contributed by atoms with Crippen LogP contribution in [-0.4, -0.2) is 29.4 Å². The molecule has 1 rings (SSSR count). The summed E-state index contributed by atoms with van der Waals surface area (Å²) in [5, 5.41) is 0. The normalized spacial score (nSPS) is 13.6. The van der Waals surface area contributed by atoms with Gasteiger partial charge >= 0.3 is 6.18 Å². The maximum absolute atomic E-state index is 11.8. The molecule has 0 spiro atoms. The van der Waals surface area contributed by atoms with Crippen molar-refractivity contribution in [2.24, 2.45) is 0 Å². The third kappa shape index (κ3) is 5.05. The highest BCUT2D eigenvalue weighted by molar-refractivity contribution is 7.85. The molecule has 102 valence electrons. The molecule has 1 atom stereocenters. The Morgan fingerprint density at radius 1 is 1.39 bits per heavy atom.